The van der Waals surface area contributed by atoms with Gasteiger partial charge in [0.25, 0.3) is 5.91 Å². The van der Waals surface area contributed by atoms with Crippen molar-refractivity contribution in [1.29, 1.82) is 0 Å². The van der Waals surface area contributed by atoms with Gasteiger partial charge in [0.05, 0.1) is 0 Å². The molecule has 2 heterocycles. The highest BCUT2D eigenvalue weighted by Crippen LogP contribution is 2.34. The van der Waals surface area contributed by atoms with Gasteiger partial charge >= 0.3 is 0 Å². The number of carbonyl (C=O) groups excluding carboxylic acids is 1. The molecular weight excluding hydrogens is 390 g/mol. The fourth-order valence-corrected chi connectivity index (χ4v) is 4.66. The molecule has 6 heteroatoms. The molecule has 1 fully saturated rings. The Morgan fingerprint density at radius 2 is 1.74 bits per heavy atom. The number of anilines is 1. The molecule has 3 N–H and O–H groups in total. The lowest BCUT2D eigenvalue weighted by molar-refractivity contribution is -1.02. The summed E-state index contributed by atoms with van der Waals surface area (Å²) in [6.07, 6.45) is 0. The van der Waals surface area contributed by atoms with Crippen molar-refractivity contribution in [2.45, 2.75) is 19.5 Å². The van der Waals surface area contributed by atoms with Crippen LogP contribution in [0, 0.1) is 0 Å². The summed E-state index contributed by atoms with van der Waals surface area (Å²) in [5, 5.41) is 5.69. The number of piperazine rings is 1. The molecule has 2 aliphatic heterocycles. The van der Waals surface area contributed by atoms with Crippen LogP contribution in [0.5, 0.6) is 11.5 Å². The Morgan fingerprint density at radius 1 is 0.968 bits per heavy atom. The predicted octanol–water partition coefficient (Wildman–Crippen LogP) is 0.879. The van der Waals surface area contributed by atoms with E-state index in [1.807, 2.05) is 25.1 Å². The van der Waals surface area contributed by atoms with E-state index in [0.717, 1.165) is 44.2 Å². The van der Waals surface area contributed by atoms with Crippen molar-refractivity contribution in [3.63, 3.8) is 0 Å². The number of hydrogen-bond donors (Lipinski definition) is 3. The Morgan fingerprint density at radius 3 is 2.61 bits per heavy atom. The summed E-state index contributed by atoms with van der Waals surface area (Å²) in [4.78, 5) is 15.8. The van der Waals surface area contributed by atoms with Gasteiger partial charge in [-0.3, -0.25) is 4.79 Å². The van der Waals surface area contributed by atoms with Gasteiger partial charge < -0.3 is 24.6 Å². The first-order valence-corrected chi connectivity index (χ1v) is 11.0. The Labute approximate surface area is 182 Å². The second-order valence-electron chi connectivity index (χ2n) is 8.50. The molecule has 0 unspecified atom stereocenters. The van der Waals surface area contributed by atoms with Gasteiger partial charge in [0.2, 0.25) is 6.79 Å². The molecule has 1 atom stereocenters. The maximum Gasteiger partial charge on any atom is 0.282 e. The van der Waals surface area contributed by atoms with Crippen molar-refractivity contribution in [1.82, 2.24) is 0 Å². The van der Waals surface area contributed by atoms with Crippen LogP contribution < -0.4 is 24.6 Å². The summed E-state index contributed by atoms with van der Waals surface area (Å²) in [5.74, 6) is 1.46. The number of quaternary nitrogens is 2. The molecule has 0 aromatic heterocycles. The van der Waals surface area contributed by atoms with Crippen molar-refractivity contribution in [3.05, 3.63) is 66.2 Å². The lowest BCUT2D eigenvalue weighted by Crippen LogP contribution is -3.29. The first-order chi connectivity index (χ1) is 15.2. The molecule has 3 aromatic rings. The molecule has 3 aromatic carbocycles. The Hall–Kier alpha value is -3.09. The third-order valence-electron chi connectivity index (χ3n) is 6.57. The van der Waals surface area contributed by atoms with Gasteiger partial charge in [-0.05, 0) is 29.8 Å². The average Bonchev–Trinajstić information content (AvgIpc) is 3.27. The third kappa shape index (κ3) is 4.22. The van der Waals surface area contributed by atoms with Crippen LogP contribution in [0.4, 0.5) is 5.69 Å². The zero-order valence-corrected chi connectivity index (χ0v) is 17.8. The number of fused-ring (bicyclic) bond motifs is 2. The van der Waals surface area contributed by atoms with E-state index in [-0.39, 0.29) is 18.7 Å². The number of amides is 1. The quantitative estimate of drug-likeness (QED) is 0.576. The summed E-state index contributed by atoms with van der Waals surface area (Å²) in [5.41, 5.74) is 2.16. The second kappa shape index (κ2) is 8.57. The highest BCUT2D eigenvalue weighted by Gasteiger charge is 2.31. The number of ether oxygens (including phenoxy) is 2. The zero-order valence-electron chi connectivity index (χ0n) is 17.8. The molecule has 0 spiro atoms. The summed E-state index contributed by atoms with van der Waals surface area (Å²) in [6, 6.07) is 20.6. The summed E-state index contributed by atoms with van der Waals surface area (Å²) in [7, 11) is 0. The molecule has 6 nitrogen and oxygen atoms in total. The number of hydrogen-bond acceptors (Lipinski definition) is 3. The monoisotopic (exact) mass is 419 g/mol. The molecule has 1 amide bonds. The van der Waals surface area contributed by atoms with Gasteiger partial charge in [0, 0.05) is 17.3 Å². The lowest BCUT2D eigenvalue weighted by Gasteiger charge is -2.32. The third-order valence-corrected chi connectivity index (χ3v) is 6.57. The van der Waals surface area contributed by atoms with Crippen LogP contribution >= 0.6 is 0 Å². The van der Waals surface area contributed by atoms with E-state index in [2.05, 4.69) is 47.8 Å². The van der Waals surface area contributed by atoms with Gasteiger partial charge in [-0.25, -0.2) is 0 Å². The lowest BCUT2D eigenvalue weighted by atomic mass is 10.0. The van der Waals surface area contributed by atoms with E-state index in [0.29, 0.717) is 5.75 Å². The van der Waals surface area contributed by atoms with Crippen molar-refractivity contribution >= 4 is 22.4 Å². The highest BCUT2D eigenvalue weighted by molar-refractivity contribution is 5.94. The molecule has 1 saturated heterocycles. The van der Waals surface area contributed by atoms with Gasteiger partial charge in [-0.2, -0.15) is 0 Å². The highest BCUT2D eigenvalue weighted by atomic mass is 16.7. The summed E-state index contributed by atoms with van der Waals surface area (Å²) in [6.45, 7) is 7.42. The number of carbonyl (C=O) groups is 1. The molecule has 160 valence electrons. The first kappa shape index (κ1) is 19.8. The van der Waals surface area contributed by atoms with Gasteiger partial charge in [-0.1, -0.05) is 42.5 Å². The fourth-order valence-electron chi connectivity index (χ4n) is 4.66. The maximum absolute atomic E-state index is 12.8. The van der Waals surface area contributed by atoms with Crippen LogP contribution in [0.25, 0.3) is 10.8 Å². The molecule has 5 rings (SSSR count). The topological polar surface area (TPSA) is 56.4 Å². The summed E-state index contributed by atoms with van der Waals surface area (Å²) < 4.78 is 10.7. The van der Waals surface area contributed by atoms with Crippen molar-refractivity contribution < 1.29 is 24.1 Å². The summed E-state index contributed by atoms with van der Waals surface area (Å²) >= 11 is 0. The van der Waals surface area contributed by atoms with E-state index in [1.165, 1.54) is 21.2 Å². The fraction of sp³-hybridized carbons (Fsp3) is 0.320. The van der Waals surface area contributed by atoms with E-state index in [9.17, 15) is 4.79 Å². The normalized spacial score (nSPS) is 21.1. The van der Waals surface area contributed by atoms with Crippen LogP contribution in [0.1, 0.15) is 12.5 Å². The van der Waals surface area contributed by atoms with Crippen molar-refractivity contribution in [2.24, 2.45) is 0 Å². The smallest absolute Gasteiger partial charge is 0.282 e. The number of rotatable bonds is 5. The number of nitrogens with one attached hydrogen (secondary N) is 3. The van der Waals surface area contributed by atoms with Gasteiger partial charge in [0.15, 0.2) is 17.5 Å². The van der Waals surface area contributed by atoms with Crippen LogP contribution in [0.15, 0.2) is 60.7 Å². The van der Waals surface area contributed by atoms with Crippen LogP contribution in [-0.2, 0) is 11.3 Å². The molecule has 2 aliphatic rings. The van der Waals surface area contributed by atoms with Crippen LogP contribution in [0.2, 0.25) is 0 Å². The Kier molecular flexibility index (Phi) is 5.49. The average molecular weight is 420 g/mol. The van der Waals surface area contributed by atoms with Crippen LogP contribution in [-0.4, -0.2) is 44.9 Å². The molecular formula is C25H29N3O3+2. The minimum Gasteiger partial charge on any atom is -0.454 e. The largest absolute Gasteiger partial charge is 0.454 e. The number of benzene rings is 3. The standard InChI is InChI=1S/C25H27N3O3/c1-18(25(29)26-21-9-10-23-24(15-21)31-17-30-23)28-13-11-27(12-14-28)16-20-7-4-6-19-5-2-3-8-22(19)20/h2-10,15,18H,11-14,16-17H2,1H3,(H,26,29)/p+2/t18-/m1/s1. The van der Waals surface area contributed by atoms with Gasteiger partial charge in [-0.15, -0.1) is 0 Å². The Balaban J connectivity index is 1.17. The predicted molar refractivity (Wildman–Crippen MR) is 120 cm³/mol. The minimum absolute atomic E-state index is 0.0476. The van der Waals surface area contributed by atoms with Crippen molar-refractivity contribution in [2.75, 3.05) is 38.3 Å². The van der Waals surface area contributed by atoms with Gasteiger partial charge in [0.1, 0.15) is 32.7 Å². The van der Waals surface area contributed by atoms with Crippen LogP contribution in [0.3, 0.4) is 0 Å². The SMILES string of the molecule is C[C@H](C(=O)Nc1ccc2c(c1)OCO2)[NH+]1CC[NH+](Cc2cccc3ccccc23)CC1. The van der Waals surface area contributed by atoms with E-state index in [4.69, 9.17) is 9.47 Å². The van der Waals surface area contributed by atoms with E-state index in [1.54, 1.807) is 4.90 Å². The Bertz CT molecular complexity index is 1090. The molecule has 0 aliphatic carbocycles. The molecule has 0 radical (unpaired) electrons. The zero-order chi connectivity index (χ0) is 21.2. The molecule has 0 saturated carbocycles. The van der Waals surface area contributed by atoms with Crippen molar-refractivity contribution in [3.8, 4) is 11.5 Å². The second-order valence-corrected chi connectivity index (χ2v) is 8.50. The maximum atomic E-state index is 12.8. The first-order valence-electron chi connectivity index (χ1n) is 11.0. The minimum atomic E-state index is -0.0930. The van der Waals surface area contributed by atoms with E-state index >= 15 is 0 Å². The molecule has 0 bridgehead atoms. The van der Waals surface area contributed by atoms with E-state index < -0.39 is 0 Å². The molecule has 31 heavy (non-hydrogen) atoms.